The molecule has 1 aliphatic heterocycles. The summed E-state index contributed by atoms with van der Waals surface area (Å²) in [6.07, 6.45) is 4.52. The van der Waals surface area contributed by atoms with Gasteiger partial charge in [0.25, 0.3) is 0 Å². The number of aromatic nitrogens is 1. The lowest BCUT2D eigenvalue weighted by atomic mass is 9.79. The smallest absolute Gasteiger partial charge is 0.303 e. The quantitative estimate of drug-likeness (QED) is 0.254. The summed E-state index contributed by atoms with van der Waals surface area (Å²) in [5.41, 5.74) is 1.70. The Kier molecular flexibility index (Phi) is 9.90. The molecule has 0 bridgehead atoms. The van der Waals surface area contributed by atoms with Crippen LogP contribution in [0.5, 0.6) is 5.75 Å². The molecule has 0 amide bonds. The molecule has 0 saturated carbocycles. The predicted octanol–water partition coefficient (Wildman–Crippen LogP) is 6.37. The molecule has 0 radical (unpaired) electrons. The number of rotatable bonds is 12. The van der Waals surface area contributed by atoms with Crippen molar-refractivity contribution in [3.05, 3.63) is 52.5 Å². The SMILES string of the molecule is COc1ccc2nccc(C(O)CC[C@@H]3CCN(CCSc4sccc4Cl)C[C@@H]3CCC(=O)O)c2c1. The number of ether oxygens (including phenoxy) is 1. The van der Waals surface area contributed by atoms with Crippen LogP contribution in [0.3, 0.4) is 0 Å². The molecule has 3 atom stereocenters. The number of aliphatic hydroxyl groups is 1. The van der Waals surface area contributed by atoms with Crippen LogP contribution >= 0.6 is 34.7 Å². The van der Waals surface area contributed by atoms with Gasteiger partial charge in [-0.15, -0.1) is 23.1 Å². The number of benzene rings is 1. The largest absolute Gasteiger partial charge is 0.497 e. The van der Waals surface area contributed by atoms with E-state index in [4.69, 9.17) is 16.3 Å². The first kappa shape index (κ1) is 27.2. The number of carbonyl (C=O) groups is 1. The van der Waals surface area contributed by atoms with E-state index in [1.807, 2.05) is 35.7 Å². The fourth-order valence-corrected chi connectivity index (χ4v) is 7.49. The third-order valence-electron chi connectivity index (χ3n) is 7.08. The number of carboxylic acid groups (broad SMARTS) is 1. The molecule has 0 spiro atoms. The molecule has 4 rings (SSSR count). The van der Waals surface area contributed by atoms with Gasteiger partial charge in [-0.1, -0.05) is 11.6 Å². The number of likely N-dealkylation sites (tertiary alicyclic amines) is 1. The fraction of sp³-hybridized carbons (Fsp3) is 0.481. The second-order valence-electron chi connectivity index (χ2n) is 9.32. The van der Waals surface area contributed by atoms with E-state index < -0.39 is 12.1 Å². The van der Waals surface area contributed by atoms with Crippen molar-refractivity contribution in [3.8, 4) is 5.75 Å². The van der Waals surface area contributed by atoms with Crippen LogP contribution in [0.1, 0.15) is 43.8 Å². The number of aliphatic carboxylic acids is 1. The number of pyridine rings is 1. The highest BCUT2D eigenvalue weighted by Crippen LogP contribution is 2.36. The fourth-order valence-electron chi connectivity index (χ4n) is 5.12. The average Bonchev–Trinajstić information content (AvgIpc) is 3.30. The molecule has 1 unspecified atom stereocenters. The Hall–Kier alpha value is -1.84. The summed E-state index contributed by atoms with van der Waals surface area (Å²) < 4.78 is 6.52. The summed E-state index contributed by atoms with van der Waals surface area (Å²) in [6.45, 7) is 2.86. The molecular weight excluding hydrogens is 516 g/mol. The van der Waals surface area contributed by atoms with Crippen LogP contribution in [-0.2, 0) is 4.79 Å². The van der Waals surface area contributed by atoms with Crippen LogP contribution in [0, 0.1) is 11.8 Å². The molecule has 1 saturated heterocycles. The molecule has 2 aromatic heterocycles. The summed E-state index contributed by atoms with van der Waals surface area (Å²) in [5, 5.41) is 24.1. The molecule has 1 aromatic carbocycles. The number of carboxylic acids is 1. The van der Waals surface area contributed by atoms with Crippen LogP contribution in [0.2, 0.25) is 5.02 Å². The number of nitrogens with zero attached hydrogens (tertiary/aromatic N) is 2. The van der Waals surface area contributed by atoms with Gasteiger partial charge in [-0.05, 0) is 85.3 Å². The van der Waals surface area contributed by atoms with E-state index in [9.17, 15) is 15.0 Å². The summed E-state index contributed by atoms with van der Waals surface area (Å²) in [5.74, 6) is 1.67. The summed E-state index contributed by atoms with van der Waals surface area (Å²) >= 11 is 9.67. The van der Waals surface area contributed by atoms with Gasteiger partial charge in [0.1, 0.15) is 5.75 Å². The third-order valence-corrected chi connectivity index (χ3v) is 9.84. The maximum absolute atomic E-state index is 11.3. The van der Waals surface area contributed by atoms with Gasteiger partial charge in [-0.3, -0.25) is 9.78 Å². The van der Waals surface area contributed by atoms with Gasteiger partial charge in [0, 0.05) is 36.8 Å². The number of halogens is 1. The Labute approximate surface area is 225 Å². The minimum absolute atomic E-state index is 0.186. The Morgan fingerprint density at radius 3 is 2.92 bits per heavy atom. The first-order chi connectivity index (χ1) is 17.4. The molecular formula is C27H33ClN2O4S2. The van der Waals surface area contributed by atoms with Gasteiger partial charge in [0.2, 0.25) is 0 Å². The Morgan fingerprint density at radius 1 is 1.31 bits per heavy atom. The van der Waals surface area contributed by atoms with Gasteiger partial charge in [0.15, 0.2) is 0 Å². The van der Waals surface area contributed by atoms with Crippen molar-refractivity contribution < 1.29 is 19.7 Å². The second kappa shape index (κ2) is 13.1. The topological polar surface area (TPSA) is 82.9 Å². The highest BCUT2D eigenvalue weighted by molar-refractivity contribution is 8.01. The Bertz CT molecular complexity index is 1160. The summed E-state index contributed by atoms with van der Waals surface area (Å²) in [6, 6.07) is 9.53. The van der Waals surface area contributed by atoms with Gasteiger partial charge in [-0.2, -0.15) is 0 Å². The van der Waals surface area contributed by atoms with Crippen molar-refractivity contribution >= 4 is 51.6 Å². The number of thiophene rings is 1. The lowest BCUT2D eigenvalue weighted by Gasteiger charge is -2.39. The molecule has 0 aliphatic carbocycles. The van der Waals surface area contributed by atoms with Crippen molar-refractivity contribution in [2.45, 2.75) is 42.4 Å². The first-order valence-corrected chi connectivity index (χ1v) is 14.6. The van der Waals surface area contributed by atoms with Crippen molar-refractivity contribution in [2.75, 3.05) is 32.5 Å². The van der Waals surface area contributed by atoms with E-state index in [1.165, 1.54) is 0 Å². The van der Waals surface area contributed by atoms with E-state index in [-0.39, 0.29) is 6.42 Å². The predicted molar refractivity (Wildman–Crippen MR) is 147 cm³/mol. The average molecular weight is 549 g/mol. The van der Waals surface area contributed by atoms with Gasteiger partial charge < -0.3 is 19.8 Å². The molecule has 36 heavy (non-hydrogen) atoms. The molecule has 2 N–H and O–H groups in total. The van der Waals surface area contributed by atoms with Crippen LogP contribution in [0.15, 0.2) is 46.1 Å². The summed E-state index contributed by atoms with van der Waals surface area (Å²) in [7, 11) is 1.63. The van der Waals surface area contributed by atoms with E-state index in [0.29, 0.717) is 24.7 Å². The maximum atomic E-state index is 11.3. The van der Waals surface area contributed by atoms with E-state index >= 15 is 0 Å². The lowest BCUT2D eigenvalue weighted by molar-refractivity contribution is -0.137. The van der Waals surface area contributed by atoms with Crippen molar-refractivity contribution in [3.63, 3.8) is 0 Å². The van der Waals surface area contributed by atoms with Crippen LogP contribution in [0.4, 0.5) is 0 Å². The minimum Gasteiger partial charge on any atom is -0.497 e. The molecule has 1 fully saturated rings. The van der Waals surface area contributed by atoms with Gasteiger partial charge in [-0.25, -0.2) is 0 Å². The Balaban J connectivity index is 1.36. The first-order valence-electron chi connectivity index (χ1n) is 12.3. The molecule has 6 nitrogen and oxygen atoms in total. The number of aliphatic hydroxyl groups excluding tert-OH is 1. The van der Waals surface area contributed by atoms with Crippen LogP contribution in [0.25, 0.3) is 10.9 Å². The van der Waals surface area contributed by atoms with Crippen LogP contribution < -0.4 is 4.74 Å². The number of hydrogen-bond acceptors (Lipinski definition) is 7. The molecule has 3 aromatic rings. The minimum atomic E-state index is -0.744. The molecule has 1 aliphatic rings. The van der Waals surface area contributed by atoms with Crippen molar-refractivity contribution in [1.29, 1.82) is 0 Å². The Morgan fingerprint density at radius 2 is 2.17 bits per heavy atom. The number of fused-ring (bicyclic) bond motifs is 1. The standard InChI is InChI=1S/C27H33ClN2O4S2/c1-34-20-4-5-24-22(16-20)21(8-11-29-24)25(31)6-2-18-9-12-30(17-19(18)3-7-26(32)33)13-15-36-27-23(28)10-14-35-27/h4-5,8,10-11,14,16,18-19,25,31H,2-3,6-7,9,12-13,15,17H2,1H3,(H,32,33)/t18-,19+,25?/m1/s1. The lowest BCUT2D eigenvalue weighted by Crippen LogP contribution is -2.41. The zero-order valence-electron chi connectivity index (χ0n) is 20.4. The second-order valence-corrected chi connectivity index (χ2v) is 12.0. The van der Waals surface area contributed by atoms with Gasteiger partial charge >= 0.3 is 5.97 Å². The van der Waals surface area contributed by atoms with E-state index in [0.717, 1.165) is 69.7 Å². The van der Waals surface area contributed by atoms with Crippen molar-refractivity contribution in [2.24, 2.45) is 11.8 Å². The van der Waals surface area contributed by atoms with E-state index in [2.05, 4.69) is 9.88 Å². The number of hydrogen-bond donors (Lipinski definition) is 2. The number of thioether (sulfide) groups is 1. The van der Waals surface area contributed by atoms with Gasteiger partial charge in [0.05, 0.1) is 28.0 Å². The highest BCUT2D eigenvalue weighted by Gasteiger charge is 2.30. The molecule has 194 valence electrons. The van der Waals surface area contributed by atoms with E-state index in [1.54, 1.807) is 36.4 Å². The third kappa shape index (κ3) is 7.13. The van der Waals surface area contributed by atoms with Crippen molar-refractivity contribution in [1.82, 2.24) is 9.88 Å². The zero-order valence-corrected chi connectivity index (χ0v) is 22.8. The molecule has 3 heterocycles. The number of methoxy groups -OCH3 is 1. The molecule has 9 heteroatoms. The zero-order chi connectivity index (χ0) is 25.5. The normalized spacial score (nSPS) is 19.4. The maximum Gasteiger partial charge on any atom is 0.303 e. The highest BCUT2D eigenvalue weighted by atomic mass is 35.5. The monoisotopic (exact) mass is 548 g/mol. The number of piperidine rings is 1. The summed E-state index contributed by atoms with van der Waals surface area (Å²) in [4.78, 5) is 18.2. The van der Waals surface area contributed by atoms with Crippen LogP contribution in [-0.4, -0.2) is 58.6 Å².